The summed E-state index contributed by atoms with van der Waals surface area (Å²) in [5.74, 6) is 1.06. The molecule has 0 bridgehead atoms. The second kappa shape index (κ2) is 11.2. The van der Waals surface area contributed by atoms with Gasteiger partial charge in [-0.2, -0.15) is 0 Å². The lowest BCUT2D eigenvalue weighted by Crippen LogP contribution is -2.58. The van der Waals surface area contributed by atoms with E-state index in [-0.39, 0.29) is 18.0 Å². The third-order valence-electron chi connectivity index (χ3n) is 8.55. The Balaban J connectivity index is 1.81. The van der Waals surface area contributed by atoms with Gasteiger partial charge in [-0.05, 0) is 62.6 Å². The van der Waals surface area contributed by atoms with E-state index in [9.17, 15) is 9.90 Å². The number of ether oxygens (including phenoxy) is 1. The Kier molecular flexibility index (Phi) is 8.07. The number of rotatable bonds is 5. The van der Waals surface area contributed by atoms with Crippen molar-refractivity contribution in [1.29, 1.82) is 0 Å². The molecule has 3 heterocycles. The highest BCUT2D eigenvalue weighted by atomic mass is 35.5. The molecule has 1 aromatic heterocycles. The summed E-state index contributed by atoms with van der Waals surface area (Å²) in [4.78, 5) is 28.3. The van der Waals surface area contributed by atoms with Gasteiger partial charge in [0.05, 0.1) is 18.3 Å². The normalized spacial score (nSPS) is 24.2. The smallest absolute Gasteiger partial charge is 0.326 e. The number of likely N-dealkylation sites (tertiary alicyclic amines) is 1. The Morgan fingerprint density at radius 3 is 2.17 bits per heavy atom. The molecule has 1 N–H and O–H groups in total. The number of pyridine rings is 1. The number of nitrogens with zero attached hydrogens (tertiary/aromatic N) is 4. The molecular formula is C33H38Cl2N4O3. The maximum Gasteiger partial charge on any atom is 0.326 e. The van der Waals surface area contributed by atoms with Crippen LogP contribution in [0.4, 0.5) is 4.79 Å². The highest BCUT2D eigenvalue weighted by Crippen LogP contribution is 2.54. The average Bonchev–Trinajstić information content (AvgIpc) is 3.48. The molecule has 0 spiro atoms. The van der Waals surface area contributed by atoms with Crippen LogP contribution in [0, 0.1) is 0 Å². The number of carbonyl (C=O) groups is 1. The molecule has 9 heteroatoms. The van der Waals surface area contributed by atoms with Gasteiger partial charge in [0.15, 0.2) is 0 Å². The molecule has 1 unspecified atom stereocenters. The molecule has 2 amide bonds. The summed E-state index contributed by atoms with van der Waals surface area (Å²) in [6.07, 6.45) is 1.71. The van der Waals surface area contributed by atoms with Crippen molar-refractivity contribution in [2.24, 2.45) is 4.99 Å². The van der Waals surface area contributed by atoms with Gasteiger partial charge in [-0.1, -0.05) is 68.2 Å². The van der Waals surface area contributed by atoms with Gasteiger partial charge in [-0.25, -0.2) is 4.79 Å². The number of amides is 2. The molecule has 3 aromatic rings. The summed E-state index contributed by atoms with van der Waals surface area (Å²) < 4.78 is 6.19. The second-order valence-corrected chi connectivity index (χ2v) is 13.2. The Labute approximate surface area is 258 Å². The zero-order chi connectivity index (χ0) is 30.4. The monoisotopic (exact) mass is 608 g/mol. The lowest BCUT2D eigenvalue weighted by molar-refractivity contribution is 0.108. The van der Waals surface area contributed by atoms with Gasteiger partial charge < -0.3 is 14.7 Å². The zero-order valence-corrected chi connectivity index (χ0v) is 26.5. The van der Waals surface area contributed by atoms with E-state index in [1.807, 2.05) is 75.4 Å². The highest BCUT2D eigenvalue weighted by molar-refractivity contribution is 6.30. The number of carbonyl (C=O) groups excluding carboxylic acids is 1. The number of urea groups is 1. The lowest BCUT2D eigenvalue weighted by atomic mass is 9.71. The van der Waals surface area contributed by atoms with Crippen LogP contribution in [0.25, 0.3) is 0 Å². The van der Waals surface area contributed by atoms with Crippen molar-refractivity contribution in [3.63, 3.8) is 0 Å². The molecule has 2 aliphatic rings. The Morgan fingerprint density at radius 2 is 1.64 bits per heavy atom. The van der Waals surface area contributed by atoms with E-state index >= 15 is 0 Å². The number of halogens is 2. The van der Waals surface area contributed by atoms with Crippen LogP contribution in [0.1, 0.15) is 70.3 Å². The van der Waals surface area contributed by atoms with E-state index in [0.29, 0.717) is 46.8 Å². The Bertz CT molecular complexity index is 1500. The van der Waals surface area contributed by atoms with Crippen LogP contribution in [-0.4, -0.2) is 57.6 Å². The van der Waals surface area contributed by atoms with Crippen LogP contribution in [-0.2, 0) is 16.5 Å². The van der Waals surface area contributed by atoms with Crippen molar-refractivity contribution in [3.8, 4) is 5.75 Å². The molecular weight excluding hydrogens is 571 g/mol. The molecule has 222 valence electrons. The summed E-state index contributed by atoms with van der Waals surface area (Å²) in [5, 5.41) is 11.6. The Hall–Kier alpha value is -3.13. The van der Waals surface area contributed by atoms with Crippen LogP contribution in [0.15, 0.2) is 65.8 Å². The fourth-order valence-corrected chi connectivity index (χ4v) is 6.17. The summed E-state index contributed by atoms with van der Waals surface area (Å²) in [7, 11) is 0. The van der Waals surface area contributed by atoms with E-state index in [1.165, 1.54) is 0 Å². The van der Waals surface area contributed by atoms with Crippen LogP contribution in [0.2, 0.25) is 10.0 Å². The number of hydrogen-bond acceptors (Lipinski definition) is 5. The van der Waals surface area contributed by atoms with Crippen LogP contribution >= 0.6 is 23.2 Å². The van der Waals surface area contributed by atoms with Crippen molar-refractivity contribution < 1.29 is 14.6 Å². The number of amidine groups is 1. The molecule has 5 rings (SSSR count). The summed E-state index contributed by atoms with van der Waals surface area (Å²) >= 11 is 12.6. The summed E-state index contributed by atoms with van der Waals surface area (Å²) in [6, 6.07) is 16.8. The number of aliphatic hydroxyl groups excluding tert-OH is 1. The first-order valence-electron chi connectivity index (χ1n) is 14.3. The molecule has 0 aliphatic carbocycles. The van der Waals surface area contributed by atoms with Gasteiger partial charge in [0.25, 0.3) is 0 Å². The molecule has 0 radical (unpaired) electrons. The quantitative estimate of drug-likeness (QED) is 0.333. The Morgan fingerprint density at radius 1 is 1.05 bits per heavy atom. The van der Waals surface area contributed by atoms with E-state index in [4.69, 9.17) is 37.9 Å². The number of β-amino-alcohol motifs (C(OH)–C–C–N with tert-alkyl or cyclic N) is 1. The van der Waals surface area contributed by atoms with Crippen molar-refractivity contribution in [3.05, 3.63) is 93.2 Å². The minimum Gasteiger partial charge on any atom is -0.493 e. The van der Waals surface area contributed by atoms with Crippen LogP contribution < -0.4 is 4.74 Å². The predicted molar refractivity (Wildman–Crippen MR) is 168 cm³/mol. The first kappa shape index (κ1) is 30.3. The van der Waals surface area contributed by atoms with E-state index in [2.05, 4.69) is 20.8 Å². The van der Waals surface area contributed by atoms with E-state index in [0.717, 1.165) is 16.8 Å². The van der Waals surface area contributed by atoms with Gasteiger partial charge in [0, 0.05) is 46.5 Å². The zero-order valence-electron chi connectivity index (χ0n) is 25.0. The number of aliphatic hydroxyl groups is 1. The number of aliphatic imine (C=N–C) groups is 1. The third-order valence-corrected chi connectivity index (χ3v) is 9.05. The third kappa shape index (κ3) is 5.16. The van der Waals surface area contributed by atoms with Gasteiger partial charge in [0.2, 0.25) is 0 Å². The predicted octanol–water partition coefficient (Wildman–Crippen LogP) is 7.16. The molecule has 42 heavy (non-hydrogen) atoms. The molecule has 7 nitrogen and oxygen atoms in total. The SMILES string of the molecule is CCOc1cc(C(C)(C)C)ncc1C1=N[C@](C)(c2ccc(Cl)cc2)[C@@](C)(c2ccc(Cl)cc2)N1C(=O)N1CCC(O)C1. The fourth-order valence-electron chi connectivity index (χ4n) is 5.91. The minimum atomic E-state index is -1.02. The van der Waals surface area contributed by atoms with Crippen molar-refractivity contribution in [1.82, 2.24) is 14.8 Å². The van der Waals surface area contributed by atoms with Crippen molar-refractivity contribution in [2.75, 3.05) is 19.7 Å². The summed E-state index contributed by atoms with van der Waals surface area (Å²) in [6.45, 7) is 13.4. The number of benzene rings is 2. The molecule has 2 aromatic carbocycles. The maximum atomic E-state index is 14.7. The van der Waals surface area contributed by atoms with Crippen LogP contribution in [0.3, 0.4) is 0 Å². The topological polar surface area (TPSA) is 78.3 Å². The average molecular weight is 610 g/mol. The molecule has 3 atom stereocenters. The number of hydrogen-bond donors (Lipinski definition) is 1. The number of aromatic nitrogens is 1. The van der Waals surface area contributed by atoms with Gasteiger partial charge >= 0.3 is 6.03 Å². The largest absolute Gasteiger partial charge is 0.493 e. The van der Waals surface area contributed by atoms with Crippen LogP contribution in [0.5, 0.6) is 5.75 Å². The summed E-state index contributed by atoms with van der Waals surface area (Å²) in [5.41, 5.74) is 1.05. The molecule has 1 saturated heterocycles. The van der Waals surface area contributed by atoms with Crippen molar-refractivity contribution in [2.45, 2.75) is 70.6 Å². The fraction of sp³-hybridized carbons (Fsp3) is 0.424. The highest BCUT2D eigenvalue weighted by Gasteiger charge is 2.60. The van der Waals surface area contributed by atoms with Crippen molar-refractivity contribution >= 4 is 35.1 Å². The lowest BCUT2D eigenvalue weighted by Gasteiger charge is -2.46. The van der Waals surface area contributed by atoms with E-state index in [1.54, 1.807) is 16.0 Å². The standard InChI is InChI=1S/C33H38Cl2N4O3/c1-7-42-27-18-28(31(2,3)4)36-19-26(27)29-37-32(5,21-8-12-23(34)13-9-21)33(6,22-10-14-24(35)15-11-22)39(29)30(41)38-17-16-25(40)20-38/h8-15,18-19,25,40H,7,16-17,20H2,1-6H3/t25?,32-,33-/m1/s1. The molecule has 1 fully saturated rings. The van der Waals surface area contributed by atoms with Gasteiger partial charge in [-0.3, -0.25) is 14.9 Å². The van der Waals surface area contributed by atoms with Gasteiger partial charge in [0.1, 0.15) is 22.7 Å². The first-order valence-corrected chi connectivity index (χ1v) is 15.1. The first-order chi connectivity index (χ1) is 19.8. The minimum absolute atomic E-state index is 0.210. The van der Waals surface area contributed by atoms with E-state index < -0.39 is 17.2 Å². The molecule has 0 saturated carbocycles. The maximum absolute atomic E-state index is 14.7. The van der Waals surface area contributed by atoms with Gasteiger partial charge in [-0.15, -0.1) is 0 Å². The second-order valence-electron chi connectivity index (χ2n) is 12.3. The molecule has 2 aliphatic heterocycles.